The zero-order chi connectivity index (χ0) is 9.30. The largest absolute Gasteiger partial charge is 0.397 e. The molecule has 0 fully saturated rings. The van der Waals surface area contributed by atoms with Gasteiger partial charge in [-0.2, -0.15) is 0 Å². The van der Waals surface area contributed by atoms with Crippen LogP contribution in [0.2, 0.25) is 10.0 Å². The minimum Gasteiger partial charge on any atom is -0.397 e. The van der Waals surface area contributed by atoms with E-state index in [-0.39, 0.29) is 5.78 Å². The maximum Gasteiger partial charge on any atom is 0.159 e. The molecule has 12 heavy (non-hydrogen) atoms. The van der Waals surface area contributed by atoms with Gasteiger partial charge >= 0.3 is 0 Å². The Hall–Kier alpha value is -0.730. The molecule has 1 rings (SSSR count). The van der Waals surface area contributed by atoms with Crippen LogP contribution < -0.4 is 5.73 Å². The number of rotatable bonds is 1. The minimum absolute atomic E-state index is 0.0831. The van der Waals surface area contributed by atoms with Crippen LogP contribution in [0.4, 0.5) is 5.69 Å². The van der Waals surface area contributed by atoms with Gasteiger partial charge in [0.25, 0.3) is 0 Å². The first-order valence-electron chi connectivity index (χ1n) is 3.28. The average Bonchev–Trinajstić information content (AvgIpc) is 1.99. The molecule has 0 saturated carbocycles. The van der Waals surface area contributed by atoms with Crippen LogP contribution in [0.5, 0.6) is 0 Å². The molecule has 2 nitrogen and oxygen atoms in total. The maximum absolute atomic E-state index is 10.9. The predicted octanol–water partition coefficient (Wildman–Crippen LogP) is 2.78. The summed E-state index contributed by atoms with van der Waals surface area (Å²) >= 11 is 11.4. The van der Waals surface area contributed by atoms with Crippen LogP contribution in [0.3, 0.4) is 0 Å². The predicted molar refractivity (Wildman–Crippen MR) is 50.9 cm³/mol. The van der Waals surface area contributed by atoms with Gasteiger partial charge in [0.05, 0.1) is 15.7 Å². The first kappa shape index (κ1) is 9.36. The third kappa shape index (κ3) is 1.71. The van der Waals surface area contributed by atoms with E-state index >= 15 is 0 Å². The molecule has 0 bridgehead atoms. The van der Waals surface area contributed by atoms with Crippen LogP contribution >= 0.6 is 23.2 Å². The van der Waals surface area contributed by atoms with Gasteiger partial charge in [-0.1, -0.05) is 23.2 Å². The standard InChI is InChI=1S/C8H7Cl2NO/c1-4(12)5-2-6(9)8(10)7(11)3-5/h2-3H,11H2,1H3. The fraction of sp³-hybridized carbons (Fsp3) is 0.125. The Balaban J connectivity index is 3.31. The first-order chi connectivity index (χ1) is 5.52. The Bertz CT molecular complexity index is 313. The van der Waals surface area contributed by atoms with Crippen molar-refractivity contribution in [2.24, 2.45) is 0 Å². The third-order valence-electron chi connectivity index (χ3n) is 1.46. The summed E-state index contributed by atoms with van der Waals surface area (Å²) in [6, 6.07) is 3.01. The van der Waals surface area contributed by atoms with E-state index < -0.39 is 0 Å². The highest BCUT2D eigenvalue weighted by Crippen LogP contribution is 2.29. The lowest BCUT2D eigenvalue weighted by Gasteiger charge is -2.02. The van der Waals surface area contributed by atoms with Crippen LogP contribution in [0.25, 0.3) is 0 Å². The monoisotopic (exact) mass is 203 g/mol. The number of hydrogen-bond donors (Lipinski definition) is 1. The van der Waals surface area contributed by atoms with Crippen molar-refractivity contribution in [1.29, 1.82) is 0 Å². The molecule has 0 aromatic heterocycles. The summed E-state index contributed by atoms with van der Waals surface area (Å²) in [6.45, 7) is 1.44. The number of carbonyl (C=O) groups excluding carboxylic acids is 1. The zero-order valence-corrected chi connectivity index (χ0v) is 7.91. The van der Waals surface area contributed by atoms with Gasteiger partial charge in [-0.15, -0.1) is 0 Å². The Morgan fingerprint density at radius 2 is 2.00 bits per heavy atom. The van der Waals surface area contributed by atoms with Crippen LogP contribution in [0, 0.1) is 0 Å². The molecule has 0 unspecified atom stereocenters. The quantitative estimate of drug-likeness (QED) is 0.564. The van der Waals surface area contributed by atoms with Crippen molar-refractivity contribution >= 4 is 34.7 Å². The fourth-order valence-electron chi connectivity index (χ4n) is 0.814. The highest BCUT2D eigenvalue weighted by molar-refractivity contribution is 6.43. The molecular formula is C8H7Cl2NO. The van der Waals surface area contributed by atoms with E-state index in [4.69, 9.17) is 28.9 Å². The van der Waals surface area contributed by atoms with Crippen LogP contribution in [0.1, 0.15) is 17.3 Å². The van der Waals surface area contributed by atoms with Crippen molar-refractivity contribution in [3.05, 3.63) is 27.7 Å². The van der Waals surface area contributed by atoms with Gasteiger partial charge in [0.15, 0.2) is 5.78 Å². The summed E-state index contributed by atoms with van der Waals surface area (Å²) in [5, 5.41) is 0.600. The van der Waals surface area contributed by atoms with Crippen molar-refractivity contribution in [3.63, 3.8) is 0 Å². The van der Waals surface area contributed by atoms with Gasteiger partial charge in [-0.05, 0) is 19.1 Å². The molecule has 1 aromatic rings. The van der Waals surface area contributed by atoms with E-state index in [0.29, 0.717) is 21.3 Å². The second-order valence-electron chi connectivity index (χ2n) is 2.42. The van der Waals surface area contributed by atoms with Gasteiger partial charge in [-0.3, -0.25) is 4.79 Å². The highest BCUT2D eigenvalue weighted by Gasteiger charge is 2.07. The summed E-state index contributed by atoms with van der Waals surface area (Å²) in [7, 11) is 0. The molecule has 0 aliphatic carbocycles. The minimum atomic E-state index is -0.0831. The van der Waals surface area contributed by atoms with Crippen LogP contribution in [-0.4, -0.2) is 5.78 Å². The van der Waals surface area contributed by atoms with Crippen molar-refractivity contribution in [2.75, 3.05) is 5.73 Å². The Kier molecular flexibility index (Phi) is 2.60. The second kappa shape index (κ2) is 3.33. The lowest BCUT2D eigenvalue weighted by molar-refractivity contribution is 0.101. The van der Waals surface area contributed by atoms with E-state index in [0.717, 1.165) is 0 Å². The second-order valence-corrected chi connectivity index (χ2v) is 3.20. The number of nitrogen functional groups attached to an aromatic ring is 1. The molecule has 64 valence electrons. The maximum atomic E-state index is 10.9. The van der Waals surface area contributed by atoms with E-state index in [2.05, 4.69) is 0 Å². The summed E-state index contributed by atoms with van der Waals surface area (Å²) in [5.41, 5.74) is 6.29. The normalized spacial score (nSPS) is 9.92. The molecule has 0 spiro atoms. The lowest BCUT2D eigenvalue weighted by atomic mass is 10.1. The lowest BCUT2D eigenvalue weighted by Crippen LogP contribution is -1.95. The van der Waals surface area contributed by atoms with E-state index in [9.17, 15) is 4.79 Å². The molecule has 4 heteroatoms. The SMILES string of the molecule is CC(=O)c1cc(N)c(Cl)c(Cl)c1. The molecule has 0 saturated heterocycles. The molecule has 0 heterocycles. The van der Waals surface area contributed by atoms with Gasteiger partial charge in [0.2, 0.25) is 0 Å². The summed E-state index contributed by atoms with van der Waals surface area (Å²) in [5.74, 6) is -0.0831. The van der Waals surface area contributed by atoms with Crippen molar-refractivity contribution in [3.8, 4) is 0 Å². The van der Waals surface area contributed by atoms with Crippen LogP contribution in [0.15, 0.2) is 12.1 Å². The Morgan fingerprint density at radius 3 is 2.42 bits per heavy atom. The van der Waals surface area contributed by atoms with Crippen molar-refractivity contribution in [1.82, 2.24) is 0 Å². The Labute approximate surface area is 80.3 Å². The smallest absolute Gasteiger partial charge is 0.159 e. The van der Waals surface area contributed by atoms with Crippen LogP contribution in [-0.2, 0) is 0 Å². The van der Waals surface area contributed by atoms with Crippen molar-refractivity contribution in [2.45, 2.75) is 6.92 Å². The van der Waals surface area contributed by atoms with Gasteiger partial charge < -0.3 is 5.73 Å². The number of benzene rings is 1. The third-order valence-corrected chi connectivity index (χ3v) is 2.28. The number of anilines is 1. The number of ketones is 1. The zero-order valence-electron chi connectivity index (χ0n) is 6.40. The molecule has 0 amide bonds. The average molecular weight is 204 g/mol. The topological polar surface area (TPSA) is 43.1 Å². The molecular weight excluding hydrogens is 197 g/mol. The fourth-order valence-corrected chi connectivity index (χ4v) is 1.15. The van der Waals surface area contributed by atoms with Crippen molar-refractivity contribution < 1.29 is 4.79 Å². The van der Waals surface area contributed by atoms with E-state index in [1.807, 2.05) is 0 Å². The number of halogens is 2. The first-order valence-corrected chi connectivity index (χ1v) is 4.03. The molecule has 2 N–H and O–H groups in total. The van der Waals surface area contributed by atoms with E-state index in [1.54, 1.807) is 0 Å². The molecule has 0 radical (unpaired) electrons. The number of nitrogens with two attached hydrogens (primary N) is 1. The highest BCUT2D eigenvalue weighted by atomic mass is 35.5. The number of Topliss-reactive ketones (excluding diaryl/α,β-unsaturated/α-hetero) is 1. The van der Waals surface area contributed by atoms with Gasteiger partial charge in [0, 0.05) is 5.56 Å². The Morgan fingerprint density at radius 1 is 1.42 bits per heavy atom. The summed E-state index contributed by atoms with van der Waals surface area (Å²) in [6.07, 6.45) is 0. The molecule has 0 atom stereocenters. The summed E-state index contributed by atoms with van der Waals surface area (Å²) in [4.78, 5) is 10.9. The summed E-state index contributed by atoms with van der Waals surface area (Å²) < 4.78 is 0. The molecule has 0 aliphatic heterocycles. The van der Waals surface area contributed by atoms with Gasteiger partial charge in [-0.25, -0.2) is 0 Å². The molecule has 1 aromatic carbocycles. The molecule has 0 aliphatic rings. The van der Waals surface area contributed by atoms with Gasteiger partial charge in [0.1, 0.15) is 0 Å². The number of hydrogen-bond acceptors (Lipinski definition) is 2. The van der Waals surface area contributed by atoms with E-state index in [1.165, 1.54) is 19.1 Å². The number of carbonyl (C=O) groups is 1.